The van der Waals surface area contributed by atoms with Gasteiger partial charge in [-0.15, -0.1) is 0 Å². The molecule has 1 amide bonds. The highest BCUT2D eigenvalue weighted by Gasteiger charge is 2.47. The first-order valence-electron chi connectivity index (χ1n) is 7.66. The van der Waals surface area contributed by atoms with Crippen molar-refractivity contribution in [2.75, 3.05) is 18.9 Å². The predicted octanol–water partition coefficient (Wildman–Crippen LogP) is 0.903. The van der Waals surface area contributed by atoms with Gasteiger partial charge in [0.05, 0.1) is 18.8 Å². The van der Waals surface area contributed by atoms with Crippen LogP contribution in [0.5, 0.6) is 0 Å². The van der Waals surface area contributed by atoms with E-state index in [0.29, 0.717) is 18.5 Å². The number of fused-ring (bicyclic) bond motifs is 1. The third kappa shape index (κ3) is 2.18. The maximum atomic E-state index is 12.6. The lowest BCUT2D eigenvalue weighted by molar-refractivity contribution is -0.141. The maximum Gasteiger partial charge on any atom is 0.252 e. The Morgan fingerprint density at radius 3 is 3.05 bits per heavy atom. The Labute approximate surface area is 123 Å². The maximum absolute atomic E-state index is 12.6. The molecule has 2 aliphatic heterocycles. The minimum absolute atomic E-state index is 0.113. The number of aromatic nitrogens is 2. The highest BCUT2D eigenvalue weighted by atomic mass is 16.5. The van der Waals surface area contributed by atoms with Crippen LogP contribution in [-0.4, -0.2) is 40.0 Å². The van der Waals surface area contributed by atoms with Crippen molar-refractivity contribution in [3.63, 3.8) is 0 Å². The molecule has 0 radical (unpaired) electrons. The van der Waals surface area contributed by atoms with Gasteiger partial charge in [-0.05, 0) is 36.7 Å². The average Bonchev–Trinajstić information content (AvgIpc) is 2.91. The summed E-state index contributed by atoms with van der Waals surface area (Å²) in [5, 5.41) is 0. The number of rotatable bonds is 1. The largest absolute Gasteiger partial charge is 0.368 e. The first-order valence-corrected chi connectivity index (χ1v) is 7.66. The molecule has 1 aromatic rings. The second-order valence-electron chi connectivity index (χ2n) is 6.57. The van der Waals surface area contributed by atoms with E-state index in [1.807, 2.05) is 4.90 Å². The number of ether oxygens (including phenoxy) is 1. The monoisotopic (exact) mass is 288 g/mol. The quantitative estimate of drug-likeness (QED) is 0.830. The van der Waals surface area contributed by atoms with Crippen molar-refractivity contribution in [3.8, 4) is 0 Å². The van der Waals surface area contributed by atoms with E-state index in [4.69, 9.17) is 10.5 Å². The number of nitrogens with two attached hydrogens (primary N) is 1. The van der Waals surface area contributed by atoms with E-state index in [1.54, 1.807) is 6.20 Å². The van der Waals surface area contributed by atoms with Crippen molar-refractivity contribution in [1.29, 1.82) is 0 Å². The summed E-state index contributed by atoms with van der Waals surface area (Å²) in [6.45, 7) is 1.99. The Morgan fingerprint density at radius 1 is 1.48 bits per heavy atom. The number of hydrogen-bond donors (Lipinski definition) is 1. The van der Waals surface area contributed by atoms with E-state index in [-0.39, 0.29) is 18.0 Å². The summed E-state index contributed by atoms with van der Waals surface area (Å²) >= 11 is 0. The Kier molecular flexibility index (Phi) is 2.89. The predicted molar refractivity (Wildman–Crippen MR) is 76.2 cm³/mol. The fraction of sp³-hybridized carbons (Fsp3) is 0.667. The molecule has 1 atom stereocenters. The van der Waals surface area contributed by atoms with Gasteiger partial charge in [-0.25, -0.2) is 9.97 Å². The Morgan fingerprint density at radius 2 is 2.33 bits per heavy atom. The molecule has 4 rings (SSSR count). The van der Waals surface area contributed by atoms with Crippen molar-refractivity contribution in [1.82, 2.24) is 14.9 Å². The molecule has 6 nitrogen and oxygen atoms in total. The Hall–Kier alpha value is -1.69. The summed E-state index contributed by atoms with van der Waals surface area (Å²) < 4.78 is 5.79. The summed E-state index contributed by atoms with van der Waals surface area (Å²) in [5.41, 5.74) is 7.91. The molecule has 1 saturated heterocycles. The number of hydrogen-bond acceptors (Lipinski definition) is 5. The van der Waals surface area contributed by atoms with Crippen LogP contribution >= 0.6 is 0 Å². The molecule has 2 fully saturated rings. The molecule has 1 unspecified atom stereocenters. The van der Waals surface area contributed by atoms with Crippen molar-refractivity contribution in [3.05, 3.63) is 17.5 Å². The second kappa shape index (κ2) is 4.66. The summed E-state index contributed by atoms with van der Waals surface area (Å²) in [4.78, 5) is 22.8. The fourth-order valence-corrected chi connectivity index (χ4v) is 3.68. The summed E-state index contributed by atoms with van der Waals surface area (Å²) in [5.74, 6) is 0.384. The van der Waals surface area contributed by atoms with Gasteiger partial charge in [0.2, 0.25) is 5.95 Å². The van der Waals surface area contributed by atoms with Gasteiger partial charge in [-0.3, -0.25) is 4.79 Å². The molecule has 112 valence electrons. The van der Waals surface area contributed by atoms with Crippen LogP contribution in [0.4, 0.5) is 5.95 Å². The van der Waals surface area contributed by atoms with Gasteiger partial charge in [0, 0.05) is 12.7 Å². The molecule has 1 aromatic heterocycles. The molecule has 0 aromatic carbocycles. The van der Waals surface area contributed by atoms with E-state index < -0.39 is 0 Å². The van der Waals surface area contributed by atoms with Crippen LogP contribution in [0.1, 0.15) is 36.9 Å². The third-order valence-electron chi connectivity index (χ3n) is 5.17. The topological polar surface area (TPSA) is 81.3 Å². The van der Waals surface area contributed by atoms with Crippen molar-refractivity contribution in [2.45, 2.75) is 44.8 Å². The van der Waals surface area contributed by atoms with Crippen LogP contribution in [0, 0.1) is 5.41 Å². The number of amides is 1. The second-order valence-corrected chi connectivity index (χ2v) is 6.57. The zero-order valence-corrected chi connectivity index (χ0v) is 12.0. The molecule has 1 spiro atoms. The van der Waals surface area contributed by atoms with Crippen molar-refractivity contribution < 1.29 is 9.53 Å². The lowest BCUT2D eigenvalue weighted by Gasteiger charge is -2.36. The van der Waals surface area contributed by atoms with Gasteiger partial charge in [0.15, 0.2) is 0 Å². The first kappa shape index (κ1) is 13.0. The molecule has 3 aliphatic rings. The van der Waals surface area contributed by atoms with Gasteiger partial charge in [-0.1, -0.05) is 6.42 Å². The van der Waals surface area contributed by atoms with Gasteiger partial charge in [0.1, 0.15) is 6.10 Å². The Bertz CT molecular complexity index is 585. The molecule has 1 aliphatic carbocycles. The summed E-state index contributed by atoms with van der Waals surface area (Å²) in [6, 6.07) is 0. The van der Waals surface area contributed by atoms with Gasteiger partial charge in [-0.2, -0.15) is 0 Å². The molecule has 1 saturated carbocycles. The molecule has 3 heterocycles. The summed E-state index contributed by atoms with van der Waals surface area (Å²) in [6.07, 6.45) is 6.89. The van der Waals surface area contributed by atoms with Crippen molar-refractivity contribution >= 4 is 11.9 Å². The number of nitrogens with zero attached hydrogens (tertiary/aromatic N) is 3. The molecule has 21 heavy (non-hydrogen) atoms. The van der Waals surface area contributed by atoms with Crippen LogP contribution in [0.3, 0.4) is 0 Å². The normalized spacial score (nSPS) is 26.5. The average molecular weight is 288 g/mol. The third-order valence-corrected chi connectivity index (χ3v) is 5.17. The van der Waals surface area contributed by atoms with Crippen molar-refractivity contribution in [2.24, 2.45) is 5.41 Å². The van der Waals surface area contributed by atoms with E-state index in [2.05, 4.69) is 9.97 Å². The lowest BCUT2D eigenvalue weighted by Crippen LogP contribution is -2.43. The van der Waals surface area contributed by atoms with E-state index in [9.17, 15) is 4.79 Å². The van der Waals surface area contributed by atoms with Gasteiger partial charge < -0.3 is 15.4 Å². The molecule has 2 N–H and O–H groups in total. The van der Waals surface area contributed by atoms with E-state index in [0.717, 1.165) is 30.7 Å². The van der Waals surface area contributed by atoms with Crippen LogP contribution in [0.15, 0.2) is 6.20 Å². The fourth-order valence-electron chi connectivity index (χ4n) is 3.68. The zero-order valence-electron chi connectivity index (χ0n) is 12.0. The van der Waals surface area contributed by atoms with Crippen LogP contribution in [0.25, 0.3) is 0 Å². The standard InChI is InChI=1S/C15H20N4O2/c16-14-17-7-10-2-5-19(8-11(10)18-14)13(20)12-6-15(9-21-12)3-1-4-15/h7,12H,1-6,8-9H2,(H2,16,17,18). The SMILES string of the molecule is Nc1ncc2c(n1)CN(C(=O)C1CC3(CCC3)CO1)CC2. The van der Waals surface area contributed by atoms with Crippen LogP contribution in [0.2, 0.25) is 0 Å². The first-order chi connectivity index (χ1) is 10.2. The number of anilines is 1. The minimum Gasteiger partial charge on any atom is -0.368 e. The summed E-state index contributed by atoms with van der Waals surface area (Å²) in [7, 11) is 0. The van der Waals surface area contributed by atoms with E-state index >= 15 is 0 Å². The highest BCUT2D eigenvalue weighted by molar-refractivity contribution is 5.81. The molecular formula is C15H20N4O2. The lowest BCUT2D eigenvalue weighted by atomic mass is 9.67. The zero-order chi connectivity index (χ0) is 14.4. The number of carbonyl (C=O) groups is 1. The van der Waals surface area contributed by atoms with E-state index in [1.165, 1.54) is 19.3 Å². The minimum atomic E-state index is -0.258. The van der Waals surface area contributed by atoms with Gasteiger partial charge in [0.25, 0.3) is 5.91 Å². The number of nitrogen functional groups attached to an aromatic ring is 1. The van der Waals surface area contributed by atoms with Gasteiger partial charge >= 0.3 is 0 Å². The molecule has 0 bridgehead atoms. The molecule has 6 heteroatoms. The van der Waals surface area contributed by atoms with Crippen LogP contribution < -0.4 is 5.73 Å². The smallest absolute Gasteiger partial charge is 0.252 e. The Balaban J connectivity index is 1.46. The molecular weight excluding hydrogens is 268 g/mol. The van der Waals surface area contributed by atoms with Crippen LogP contribution in [-0.2, 0) is 22.5 Å². The number of carbonyl (C=O) groups excluding carboxylic acids is 1. The highest BCUT2D eigenvalue weighted by Crippen LogP contribution is 2.49.